The maximum absolute atomic E-state index is 12.5. The van der Waals surface area contributed by atoms with Crippen LogP contribution in [0.3, 0.4) is 0 Å². The van der Waals surface area contributed by atoms with Crippen LogP contribution in [0.4, 0.5) is 4.79 Å². The normalized spacial score (nSPS) is 16.1. The number of imide groups is 1. The summed E-state index contributed by atoms with van der Waals surface area (Å²) in [7, 11) is 1.59. The van der Waals surface area contributed by atoms with Crippen molar-refractivity contribution in [1.29, 1.82) is 0 Å². The Kier molecular flexibility index (Phi) is 4.71. The molecule has 2 amide bonds. The number of carbonyl (C=O) groups excluding carboxylic acids is 2. The van der Waals surface area contributed by atoms with Crippen molar-refractivity contribution < 1.29 is 14.3 Å². The molecule has 0 aromatic heterocycles. The summed E-state index contributed by atoms with van der Waals surface area (Å²) >= 11 is 0.970. The van der Waals surface area contributed by atoms with Gasteiger partial charge in [0.05, 0.1) is 18.6 Å². The minimum absolute atomic E-state index is 0.241. The van der Waals surface area contributed by atoms with E-state index in [0.29, 0.717) is 17.2 Å². The van der Waals surface area contributed by atoms with Crippen LogP contribution in [0.5, 0.6) is 5.75 Å². The maximum atomic E-state index is 12.5. The Balaban J connectivity index is 1.80. The molecular formula is C19H17NO3S. The highest BCUT2D eigenvalue weighted by atomic mass is 32.2. The third kappa shape index (κ3) is 3.51. The molecule has 0 spiro atoms. The van der Waals surface area contributed by atoms with Gasteiger partial charge in [-0.1, -0.05) is 42.0 Å². The van der Waals surface area contributed by atoms with Gasteiger partial charge in [0.1, 0.15) is 5.75 Å². The number of amides is 2. The molecule has 1 fully saturated rings. The van der Waals surface area contributed by atoms with E-state index in [1.54, 1.807) is 13.2 Å². The highest BCUT2D eigenvalue weighted by molar-refractivity contribution is 8.18. The van der Waals surface area contributed by atoms with Crippen LogP contribution in [0.2, 0.25) is 0 Å². The third-order valence-corrected chi connectivity index (χ3v) is 4.63. The molecule has 0 saturated carbocycles. The second-order valence-electron chi connectivity index (χ2n) is 5.53. The third-order valence-electron chi connectivity index (χ3n) is 3.73. The molecule has 1 aliphatic rings. The molecule has 122 valence electrons. The van der Waals surface area contributed by atoms with E-state index in [1.165, 1.54) is 4.90 Å². The minimum Gasteiger partial charge on any atom is -0.497 e. The van der Waals surface area contributed by atoms with Crippen molar-refractivity contribution in [1.82, 2.24) is 4.90 Å². The number of rotatable bonds is 4. The van der Waals surface area contributed by atoms with Crippen LogP contribution < -0.4 is 4.74 Å². The van der Waals surface area contributed by atoms with E-state index in [1.807, 2.05) is 55.5 Å². The Hall–Kier alpha value is -2.53. The van der Waals surface area contributed by atoms with Crippen LogP contribution in [0.25, 0.3) is 6.08 Å². The smallest absolute Gasteiger partial charge is 0.293 e. The summed E-state index contributed by atoms with van der Waals surface area (Å²) in [5, 5.41) is -0.241. The summed E-state index contributed by atoms with van der Waals surface area (Å²) < 4.78 is 5.18. The summed E-state index contributed by atoms with van der Waals surface area (Å²) in [6, 6.07) is 15.2. The maximum Gasteiger partial charge on any atom is 0.293 e. The second-order valence-corrected chi connectivity index (χ2v) is 6.52. The standard InChI is InChI=1S/C19H17NO3S/c1-13-6-8-14(9-7-13)12-20-18(21)17(24-19(20)22)11-15-4-3-5-16(10-15)23-2/h3-11H,12H2,1-2H3. The van der Waals surface area contributed by atoms with E-state index in [2.05, 4.69) is 0 Å². The second kappa shape index (κ2) is 6.93. The Morgan fingerprint density at radius 1 is 1.12 bits per heavy atom. The lowest BCUT2D eigenvalue weighted by Crippen LogP contribution is -2.27. The highest BCUT2D eigenvalue weighted by Crippen LogP contribution is 2.33. The average molecular weight is 339 g/mol. The molecule has 0 N–H and O–H groups in total. The van der Waals surface area contributed by atoms with Gasteiger partial charge in [0.25, 0.3) is 11.1 Å². The molecule has 4 nitrogen and oxygen atoms in total. The number of methoxy groups -OCH3 is 1. The first-order valence-corrected chi connectivity index (χ1v) is 8.33. The lowest BCUT2D eigenvalue weighted by Gasteiger charge is -2.12. The van der Waals surface area contributed by atoms with Gasteiger partial charge in [-0.3, -0.25) is 14.5 Å². The first-order chi connectivity index (χ1) is 11.6. The Labute approximate surface area is 145 Å². The van der Waals surface area contributed by atoms with Crippen LogP contribution in [-0.2, 0) is 11.3 Å². The first-order valence-electron chi connectivity index (χ1n) is 7.52. The molecule has 2 aromatic rings. The zero-order valence-electron chi connectivity index (χ0n) is 13.5. The lowest BCUT2D eigenvalue weighted by atomic mass is 10.1. The van der Waals surface area contributed by atoms with Crippen LogP contribution in [0, 0.1) is 6.92 Å². The van der Waals surface area contributed by atoms with E-state index in [9.17, 15) is 9.59 Å². The van der Waals surface area contributed by atoms with E-state index in [0.717, 1.165) is 28.5 Å². The molecule has 1 aliphatic heterocycles. The number of thioether (sulfide) groups is 1. The van der Waals surface area contributed by atoms with Crippen molar-refractivity contribution in [2.45, 2.75) is 13.5 Å². The van der Waals surface area contributed by atoms with E-state index < -0.39 is 0 Å². The summed E-state index contributed by atoms with van der Waals surface area (Å²) in [6.45, 7) is 2.29. The van der Waals surface area contributed by atoms with Gasteiger partial charge < -0.3 is 4.74 Å². The van der Waals surface area contributed by atoms with Gasteiger partial charge in [-0.05, 0) is 48.0 Å². The first kappa shape index (κ1) is 16.3. The van der Waals surface area contributed by atoms with Crippen LogP contribution >= 0.6 is 11.8 Å². The number of hydrogen-bond acceptors (Lipinski definition) is 4. The molecule has 0 unspecified atom stereocenters. The fourth-order valence-electron chi connectivity index (χ4n) is 2.40. The van der Waals surface area contributed by atoms with Gasteiger partial charge in [-0.25, -0.2) is 0 Å². The fraction of sp³-hybridized carbons (Fsp3) is 0.158. The minimum atomic E-state index is -0.256. The highest BCUT2D eigenvalue weighted by Gasteiger charge is 2.34. The number of benzene rings is 2. The van der Waals surface area contributed by atoms with Crippen molar-refractivity contribution in [3.05, 3.63) is 70.1 Å². The van der Waals surface area contributed by atoms with Gasteiger partial charge in [-0.15, -0.1) is 0 Å². The summed E-state index contributed by atoms with van der Waals surface area (Å²) in [5.41, 5.74) is 2.91. The number of hydrogen-bond donors (Lipinski definition) is 0. The number of ether oxygens (including phenoxy) is 1. The van der Waals surface area contributed by atoms with Crippen molar-refractivity contribution in [3.63, 3.8) is 0 Å². The zero-order chi connectivity index (χ0) is 17.1. The summed E-state index contributed by atoms with van der Waals surface area (Å²) in [5.74, 6) is 0.455. The molecule has 1 saturated heterocycles. The van der Waals surface area contributed by atoms with Gasteiger partial charge in [0, 0.05) is 0 Å². The van der Waals surface area contributed by atoms with E-state index >= 15 is 0 Å². The molecule has 0 bridgehead atoms. The Morgan fingerprint density at radius 2 is 1.88 bits per heavy atom. The zero-order valence-corrected chi connectivity index (χ0v) is 14.3. The monoisotopic (exact) mass is 339 g/mol. The molecule has 24 heavy (non-hydrogen) atoms. The topological polar surface area (TPSA) is 46.6 Å². The van der Waals surface area contributed by atoms with Crippen molar-refractivity contribution in [2.24, 2.45) is 0 Å². The number of nitrogens with zero attached hydrogens (tertiary/aromatic N) is 1. The molecule has 0 radical (unpaired) electrons. The van der Waals surface area contributed by atoms with Crippen LogP contribution in [0.1, 0.15) is 16.7 Å². The SMILES string of the molecule is COc1cccc(C=C2SC(=O)N(Cc3ccc(C)cc3)C2=O)c1. The predicted molar refractivity (Wildman–Crippen MR) is 95.7 cm³/mol. The number of aryl methyl sites for hydroxylation is 1. The Bertz CT molecular complexity index is 812. The predicted octanol–water partition coefficient (Wildman–Crippen LogP) is 4.24. The summed E-state index contributed by atoms with van der Waals surface area (Å²) in [4.78, 5) is 26.4. The van der Waals surface area contributed by atoms with Gasteiger partial charge in [0.15, 0.2) is 0 Å². The fourth-order valence-corrected chi connectivity index (χ4v) is 3.23. The quantitative estimate of drug-likeness (QED) is 0.782. The molecule has 1 heterocycles. The van der Waals surface area contributed by atoms with E-state index in [-0.39, 0.29) is 11.1 Å². The van der Waals surface area contributed by atoms with Crippen molar-refractivity contribution in [2.75, 3.05) is 7.11 Å². The van der Waals surface area contributed by atoms with Gasteiger partial charge in [-0.2, -0.15) is 0 Å². The molecule has 0 aliphatic carbocycles. The van der Waals surface area contributed by atoms with Gasteiger partial charge in [0.2, 0.25) is 0 Å². The molecular weight excluding hydrogens is 322 g/mol. The molecule has 5 heteroatoms. The van der Waals surface area contributed by atoms with Gasteiger partial charge >= 0.3 is 0 Å². The molecule has 3 rings (SSSR count). The molecule has 2 aromatic carbocycles. The molecule has 0 atom stereocenters. The lowest BCUT2D eigenvalue weighted by molar-refractivity contribution is -0.123. The van der Waals surface area contributed by atoms with Crippen molar-refractivity contribution >= 4 is 29.0 Å². The largest absolute Gasteiger partial charge is 0.497 e. The Morgan fingerprint density at radius 3 is 2.58 bits per heavy atom. The van der Waals surface area contributed by atoms with Crippen LogP contribution in [-0.4, -0.2) is 23.2 Å². The van der Waals surface area contributed by atoms with Crippen LogP contribution in [0.15, 0.2) is 53.4 Å². The average Bonchev–Trinajstić information content (AvgIpc) is 2.84. The number of carbonyl (C=O) groups is 2. The summed E-state index contributed by atoms with van der Waals surface area (Å²) in [6.07, 6.45) is 1.72. The van der Waals surface area contributed by atoms with Crippen molar-refractivity contribution in [3.8, 4) is 5.75 Å². The van der Waals surface area contributed by atoms with E-state index in [4.69, 9.17) is 4.74 Å².